The Hall–Kier alpha value is -2.62. The highest BCUT2D eigenvalue weighted by Gasteiger charge is 2.05. The molecule has 2 rings (SSSR count). The van der Waals surface area contributed by atoms with E-state index in [1.54, 1.807) is 0 Å². The first-order chi connectivity index (χ1) is 11.7. The van der Waals surface area contributed by atoms with E-state index in [4.69, 9.17) is 4.74 Å². The van der Waals surface area contributed by atoms with Gasteiger partial charge in [-0.05, 0) is 36.1 Å². The van der Waals surface area contributed by atoms with Crippen molar-refractivity contribution >= 4 is 11.6 Å². The molecule has 0 saturated heterocycles. The van der Waals surface area contributed by atoms with Crippen molar-refractivity contribution in [2.75, 3.05) is 6.61 Å². The molecule has 1 amide bonds. The highest BCUT2D eigenvalue weighted by molar-refractivity contribution is 6.01. The van der Waals surface area contributed by atoms with Gasteiger partial charge in [0, 0.05) is 0 Å². The highest BCUT2D eigenvalue weighted by atomic mass is 16.5. The van der Waals surface area contributed by atoms with Crippen LogP contribution < -0.4 is 10.2 Å². The second-order valence-electron chi connectivity index (χ2n) is 5.50. The van der Waals surface area contributed by atoms with Crippen LogP contribution in [0.25, 0.3) is 0 Å². The quantitative estimate of drug-likeness (QED) is 0.590. The molecule has 1 N–H and O–H groups in total. The zero-order chi connectivity index (χ0) is 17.2. The molecule has 0 bridgehead atoms. The van der Waals surface area contributed by atoms with Crippen molar-refractivity contribution in [3.05, 3.63) is 65.7 Å². The number of carbonyl (C=O) groups is 1. The number of hydrogen-bond donors (Lipinski definition) is 1. The Kier molecular flexibility index (Phi) is 7.02. The Bertz CT molecular complexity index is 664. The summed E-state index contributed by atoms with van der Waals surface area (Å²) in [4.78, 5) is 11.9. The van der Waals surface area contributed by atoms with E-state index in [1.165, 1.54) is 5.56 Å². The Morgan fingerprint density at radius 3 is 2.38 bits per heavy atom. The summed E-state index contributed by atoms with van der Waals surface area (Å²) in [6.07, 6.45) is 2.75. The van der Waals surface area contributed by atoms with E-state index in [9.17, 15) is 4.79 Å². The number of hydrazone groups is 1. The Balaban J connectivity index is 1.89. The smallest absolute Gasteiger partial charge is 0.277 e. The number of nitrogens with one attached hydrogen (secondary N) is 1. The lowest BCUT2D eigenvalue weighted by Gasteiger charge is -2.08. The van der Waals surface area contributed by atoms with Crippen LogP contribution in [0.3, 0.4) is 0 Å². The lowest BCUT2D eigenvalue weighted by Crippen LogP contribution is -2.26. The number of nitrogens with zero attached hydrogens (tertiary/aromatic N) is 1. The van der Waals surface area contributed by atoms with Crippen molar-refractivity contribution in [1.29, 1.82) is 0 Å². The van der Waals surface area contributed by atoms with Crippen LogP contribution in [-0.2, 0) is 11.2 Å². The van der Waals surface area contributed by atoms with Gasteiger partial charge >= 0.3 is 0 Å². The number of rotatable bonds is 8. The second kappa shape index (κ2) is 9.50. The average Bonchev–Trinajstić information content (AvgIpc) is 2.64. The van der Waals surface area contributed by atoms with Crippen molar-refractivity contribution in [1.82, 2.24) is 5.43 Å². The molecule has 4 nitrogen and oxygen atoms in total. The van der Waals surface area contributed by atoms with Crippen molar-refractivity contribution in [3.8, 4) is 5.75 Å². The first kappa shape index (κ1) is 17.7. The molecule has 126 valence electrons. The fraction of sp³-hybridized carbons (Fsp3) is 0.300. The molecule has 0 aliphatic heterocycles. The number of carbonyl (C=O) groups excluding carboxylic acids is 1. The SMILES string of the molecule is CCC/C(=N\NC(=O)COc1ccc(CC)cc1)c1ccccc1. The summed E-state index contributed by atoms with van der Waals surface area (Å²) >= 11 is 0. The van der Waals surface area contributed by atoms with E-state index in [0.717, 1.165) is 30.5 Å². The number of hydrogen-bond acceptors (Lipinski definition) is 3. The van der Waals surface area contributed by atoms with E-state index in [2.05, 4.69) is 24.4 Å². The Morgan fingerprint density at radius 2 is 1.75 bits per heavy atom. The van der Waals surface area contributed by atoms with Gasteiger partial charge in [-0.1, -0.05) is 62.7 Å². The van der Waals surface area contributed by atoms with E-state index in [-0.39, 0.29) is 12.5 Å². The van der Waals surface area contributed by atoms with Crippen LogP contribution in [0.15, 0.2) is 59.7 Å². The largest absolute Gasteiger partial charge is 0.484 e. The average molecular weight is 324 g/mol. The molecule has 4 heteroatoms. The zero-order valence-electron chi connectivity index (χ0n) is 14.3. The first-order valence-corrected chi connectivity index (χ1v) is 8.35. The van der Waals surface area contributed by atoms with Crippen LogP contribution in [0.2, 0.25) is 0 Å². The fourth-order valence-corrected chi connectivity index (χ4v) is 2.26. The van der Waals surface area contributed by atoms with Gasteiger partial charge in [-0.15, -0.1) is 0 Å². The summed E-state index contributed by atoms with van der Waals surface area (Å²) in [7, 11) is 0. The predicted octanol–water partition coefficient (Wildman–Crippen LogP) is 3.95. The molecule has 0 atom stereocenters. The minimum Gasteiger partial charge on any atom is -0.484 e. The molecular formula is C20H24N2O2. The van der Waals surface area contributed by atoms with E-state index >= 15 is 0 Å². The summed E-state index contributed by atoms with van der Waals surface area (Å²) < 4.78 is 5.48. The van der Waals surface area contributed by atoms with E-state index < -0.39 is 0 Å². The molecule has 0 saturated carbocycles. The number of benzene rings is 2. The van der Waals surface area contributed by atoms with Gasteiger partial charge in [0.2, 0.25) is 0 Å². The minimum absolute atomic E-state index is 0.0524. The van der Waals surface area contributed by atoms with Gasteiger partial charge in [-0.25, -0.2) is 5.43 Å². The third-order valence-corrected chi connectivity index (χ3v) is 3.61. The molecule has 0 aromatic heterocycles. The first-order valence-electron chi connectivity index (χ1n) is 8.35. The number of aryl methyl sites for hydroxylation is 1. The van der Waals surface area contributed by atoms with Crippen molar-refractivity contribution in [2.24, 2.45) is 5.10 Å². The lowest BCUT2D eigenvalue weighted by molar-refractivity contribution is -0.123. The maximum Gasteiger partial charge on any atom is 0.277 e. The Morgan fingerprint density at radius 1 is 1.04 bits per heavy atom. The molecule has 0 aliphatic rings. The normalized spacial score (nSPS) is 11.2. The maximum absolute atomic E-state index is 11.9. The Labute approximate surface area is 143 Å². The maximum atomic E-state index is 11.9. The monoisotopic (exact) mass is 324 g/mol. The zero-order valence-corrected chi connectivity index (χ0v) is 14.3. The standard InChI is InChI=1S/C20H24N2O2/c1-3-8-19(17-9-6-5-7-10-17)21-22-20(23)15-24-18-13-11-16(4-2)12-14-18/h5-7,9-14H,3-4,8,15H2,1-2H3,(H,22,23)/b21-19+. The number of ether oxygens (including phenoxy) is 1. The lowest BCUT2D eigenvalue weighted by atomic mass is 10.1. The summed E-state index contributed by atoms with van der Waals surface area (Å²) in [5.74, 6) is 0.419. The van der Waals surface area contributed by atoms with Crippen LogP contribution >= 0.6 is 0 Å². The fourth-order valence-electron chi connectivity index (χ4n) is 2.26. The van der Waals surface area contributed by atoms with Crippen LogP contribution in [0.1, 0.15) is 37.8 Å². The highest BCUT2D eigenvalue weighted by Crippen LogP contribution is 2.12. The van der Waals surface area contributed by atoms with Crippen LogP contribution in [0.4, 0.5) is 0 Å². The van der Waals surface area contributed by atoms with Crippen molar-refractivity contribution in [3.63, 3.8) is 0 Å². The molecule has 0 spiro atoms. The molecule has 0 radical (unpaired) electrons. The van der Waals surface area contributed by atoms with Gasteiger partial charge in [-0.3, -0.25) is 4.79 Å². The molecule has 0 aliphatic carbocycles. The molecule has 0 heterocycles. The molecular weight excluding hydrogens is 300 g/mol. The molecule has 2 aromatic rings. The summed E-state index contributed by atoms with van der Waals surface area (Å²) in [6, 6.07) is 17.6. The molecule has 24 heavy (non-hydrogen) atoms. The molecule has 2 aromatic carbocycles. The van der Waals surface area contributed by atoms with E-state index in [0.29, 0.717) is 5.75 Å². The van der Waals surface area contributed by atoms with Gasteiger partial charge < -0.3 is 4.74 Å². The van der Waals surface area contributed by atoms with E-state index in [1.807, 2.05) is 54.6 Å². The van der Waals surface area contributed by atoms with Crippen molar-refractivity contribution in [2.45, 2.75) is 33.1 Å². The predicted molar refractivity (Wildman–Crippen MR) is 97.3 cm³/mol. The van der Waals surface area contributed by atoms with Gasteiger partial charge in [0.25, 0.3) is 5.91 Å². The second-order valence-corrected chi connectivity index (χ2v) is 5.50. The van der Waals surface area contributed by atoms with Crippen LogP contribution in [-0.4, -0.2) is 18.2 Å². The third kappa shape index (κ3) is 5.54. The summed E-state index contributed by atoms with van der Waals surface area (Å²) in [5.41, 5.74) is 5.72. The van der Waals surface area contributed by atoms with Gasteiger partial charge in [-0.2, -0.15) is 5.10 Å². The summed E-state index contributed by atoms with van der Waals surface area (Å²) in [6.45, 7) is 4.13. The van der Waals surface area contributed by atoms with Gasteiger partial charge in [0.15, 0.2) is 6.61 Å². The van der Waals surface area contributed by atoms with Gasteiger partial charge in [0.05, 0.1) is 5.71 Å². The van der Waals surface area contributed by atoms with Gasteiger partial charge in [0.1, 0.15) is 5.75 Å². The third-order valence-electron chi connectivity index (χ3n) is 3.61. The van der Waals surface area contributed by atoms with Crippen LogP contribution in [0.5, 0.6) is 5.75 Å². The summed E-state index contributed by atoms with van der Waals surface area (Å²) in [5, 5.41) is 4.26. The molecule has 0 fully saturated rings. The minimum atomic E-state index is -0.265. The van der Waals surface area contributed by atoms with Crippen molar-refractivity contribution < 1.29 is 9.53 Å². The topological polar surface area (TPSA) is 50.7 Å². The molecule has 0 unspecified atom stereocenters. The number of amides is 1. The van der Waals surface area contributed by atoms with Crippen LogP contribution in [0, 0.1) is 0 Å².